The quantitative estimate of drug-likeness (QED) is 0.0978. The lowest BCUT2D eigenvalue weighted by Gasteiger charge is -2.18. The first-order valence-electron chi connectivity index (χ1n) is 23.1. The van der Waals surface area contributed by atoms with Crippen LogP contribution >= 0.6 is 0 Å². The van der Waals surface area contributed by atoms with Crippen LogP contribution in [0.1, 0.15) is 41.0 Å². The van der Waals surface area contributed by atoms with Gasteiger partial charge in [-0.25, -0.2) is 0 Å². The minimum atomic E-state index is 0.903. The smallest absolute Gasteiger partial charge is 0.143 e. The average Bonchev–Trinajstić information content (AvgIpc) is 3.76. The molecular formula is C64H54O. The van der Waals surface area contributed by atoms with Crippen LogP contribution < -0.4 is 0 Å². The largest absolute Gasteiger partial charge is 0.455 e. The van der Waals surface area contributed by atoms with Crippen molar-refractivity contribution < 1.29 is 4.42 Å². The first-order chi connectivity index (χ1) is 32.1. The van der Waals surface area contributed by atoms with E-state index in [0.29, 0.717) is 0 Å². The van der Waals surface area contributed by atoms with Crippen molar-refractivity contribution in [1.29, 1.82) is 0 Å². The van der Waals surface area contributed by atoms with Crippen LogP contribution in [0.3, 0.4) is 0 Å². The van der Waals surface area contributed by atoms with Crippen molar-refractivity contribution in [1.82, 2.24) is 0 Å². The van der Waals surface area contributed by atoms with Gasteiger partial charge in [0.15, 0.2) is 0 Å². The van der Waals surface area contributed by atoms with Crippen molar-refractivity contribution in [3.05, 3.63) is 219 Å². The summed E-state index contributed by atoms with van der Waals surface area (Å²) in [6.45, 7) is 13.5. The van der Waals surface area contributed by atoms with Gasteiger partial charge in [0, 0.05) is 16.2 Å². The van der Waals surface area contributed by atoms with Crippen LogP contribution in [0.15, 0.2) is 223 Å². The van der Waals surface area contributed by atoms with Crippen molar-refractivity contribution >= 4 is 75.8 Å². The van der Waals surface area contributed by atoms with Gasteiger partial charge >= 0.3 is 0 Å². The van der Waals surface area contributed by atoms with E-state index in [9.17, 15) is 0 Å². The number of allylic oxidation sites excluding steroid dienone is 1. The third-order valence-electron chi connectivity index (χ3n) is 12.0. The number of furan rings is 1. The normalized spacial score (nSPS) is 11.0. The molecule has 0 atom stereocenters. The highest BCUT2D eigenvalue weighted by molar-refractivity contribution is 6.30. The second-order valence-corrected chi connectivity index (χ2v) is 16.3. The molecule has 11 aromatic carbocycles. The maximum absolute atomic E-state index is 6.78. The molecule has 0 spiro atoms. The monoisotopic (exact) mass is 838 g/mol. The minimum absolute atomic E-state index is 0.903. The molecule has 1 aromatic heterocycles. The summed E-state index contributed by atoms with van der Waals surface area (Å²) in [6.07, 6.45) is 3.00. The molecule has 316 valence electrons. The fourth-order valence-corrected chi connectivity index (χ4v) is 9.41. The van der Waals surface area contributed by atoms with Gasteiger partial charge in [0.25, 0.3) is 0 Å². The Hall–Kier alpha value is -7.74. The number of fused-ring (bicyclic) bond motifs is 11. The number of benzene rings is 11. The molecule has 0 aliphatic rings. The molecule has 0 aliphatic carbocycles. The summed E-state index contributed by atoms with van der Waals surface area (Å²) < 4.78 is 6.78. The Bertz CT molecular complexity index is 3600. The average molecular weight is 839 g/mol. The molecule has 0 N–H and O–H groups in total. The van der Waals surface area contributed by atoms with E-state index < -0.39 is 0 Å². The van der Waals surface area contributed by atoms with E-state index in [4.69, 9.17) is 4.42 Å². The van der Waals surface area contributed by atoms with Gasteiger partial charge in [-0.1, -0.05) is 216 Å². The summed E-state index contributed by atoms with van der Waals surface area (Å²) in [5.74, 6) is 0. The molecule has 0 radical (unpaired) electrons. The van der Waals surface area contributed by atoms with Crippen LogP contribution in [0.2, 0.25) is 0 Å². The molecule has 0 unspecified atom stereocenters. The predicted octanol–water partition coefficient (Wildman–Crippen LogP) is 19.7. The molecule has 1 heteroatoms. The summed E-state index contributed by atoms with van der Waals surface area (Å²) in [5, 5.41) is 14.6. The second kappa shape index (κ2) is 18.9. The van der Waals surface area contributed by atoms with Crippen LogP contribution in [0.5, 0.6) is 0 Å². The minimum Gasteiger partial charge on any atom is -0.455 e. The highest BCUT2D eigenvalue weighted by Crippen LogP contribution is 2.46. The van der Waals surface area contributed by atoms with Gasteiger partial charge in [-0.2, -0.15) is 0 Å². The highest BCUT2D eigenvalue weighted by Gasteiger charge is 2.19. The van der Waals surface area contributed by atoms with Crippen LogP contribution in [-0.2, 0) is 0 Å². The van der Waals surface area contributed by atoms with Gasteiger partial charge in [0.1, 0.15) is 11.2 Å². The first kappa shape index (κ1) is 42.6. The lowest BCUT2D eigenvalue weighted by Crippen LogP contribution is -1.91. The topological polar surface area (TPSA) is 13.1 Å². The summed E-state index contributed by atoms with van der Waals surface area (Å²) in [7, 11) is 0. The maximum atomic E-state index is 6.78. The van der Waals surface area contributed by atoms with Gasteiger partial charge < -0.3 is 4.42 Å². The third kappa shape index (κ3) is 7.85. The molecule has 0 fully saturated rings. The Labute approximate surface area is 382 Å². The van der Waals surface area contributed by atoms with E-state index in [1.54, 1.807) is 6.08 Å². The Morgan fingerprint density at radius 3 is 1.29 bits per heavy atom. The van der Waals surface area contributed by atoms with Gasteiger partial charge in [0.2, 0.25) is 0 Å². The third-order valence-corrected chi connectivity index (χ3v) is 12.0. The molecule has 0 amide bonds. The molecule has 1 heterocycles. The van der Waals surface area contributed by atoms with Crippen molar-refractivity contribution in [2.45, 2.75) is 41.0 Å². The fourth-order valence-electron chi connectivity index (χ4n) is 9.41. The first-order valence-corrected chi connectivity index (χ1v) is 23.1. The molecule has 12 rings (SSSR count). The Kier molecular flexibility index (Phi) is 12.4. The van der Waals surface area contributed by atoms with Gasteiger partial charge in [-0.15, -0.1) is 6.58 Å². The standard InChI is InChI=1S/C56H34O.C3H8.C3H6.C2H6/c1-2-14-36-31-39(28-27-35(36)13-1)37-15-11-17-41(32-37)53-46-22-6-8-24-48(46)54(49-25-9-7-23-47(49)53)42-18-12-16-38(33-42)40-29-30-51-52(34-40)57-56-50-26-10-4-20-44(50)43-19-3-5-21-45(43)55(51)56;2*1-3-2;1-2/h1-34H;3H2,1-2H3;3H,1H2,2H3;1-2H3. The van der Waals surface area contributed by atoms with Crippen molar-refractivity contribution in [2.75, 3.05) is 0 Å². The second-order valence-electron chi connectivity index (χ2n) is 16.3. The maximum Gasteiger partial charge on any atom is 0.143 e. The van der Waals surface area contributed by atoms with Crippen molar-refractivity contribution in [3.63, 3.8) is 0 Å². The van der Waals surface area contributed by atoms with E-state index in [0.717, 1.165) is 33.1 Å². The number of hydrogen-bond donors (Lipinski definition) is 0. The molecule has 0 saturated carbocycles. The molecule has 0 aliphatic heterocycles. The van der Waals surface area contributed by atoms with Crippen LogP contribution in [0.4, 0.5) is 0 Å². The van der Waals surface area contributed by atoms with Gasteiger partial charge in [-0.05, 0) is 130 Å². The fraction of sp³-hybridized carbons (Fsp3) is 0.0938. The Morgan fingerprint density at radius 1 is 0.369 bits per heavy atom. The SMILES string of the molecule is C=CC.CC.CCC.c1cc(-c2ccc3ccccc3c2)cc(-c2c3ccccc3c(-c3cccc(-c4ccc5c(c4)oc4c6ccccc6c6ccccc6c54)c3)c3ccccc23)c1. The molecule has 12 aromatic rings. The van der Waals surface area contributed by atoms with E-state index >= 15 is 0 Å². The van der Waals surface area contributed by atoms with Gasteiger partial charge in [-0.3, -0.25) is 0 Å². The predicted molar refractivity (Wildman–Crippen MR) is 286 cm³/mol. The van der Waals surface area contributed by atoms with Gasteiger partial charge in [0.05, 0.1) is 0 Å². The lowest BCUT2D eigenvalue weighted by atomic mass is 9.85. The summed E-state index contributed by atoms with van der Waals surface area (Å²) in [4.78, 5) is 0. The van der Waals surface area contributed by atoms with Crippen LogP contribution in [0.25, 0.3) is 120 Å². The number of hydrogen-bond acceptors (Lipinski definition) is 1. The molecule has 0 saturated heterocycles. The summed E-state index contributed by atoms with van der Waals surface area (Å²) in [6, 6.07) is 75.2. The molecule has 1 nitrogen and oxygen atoms in total. The van der Waals surface area contributed by atoms with E-state index in [2.05, 4.69) is 227 Å². The zero-order valence-electron chi connectivity index (χ0n) is 38.0. The summed E-state index contributed by atoms with van der Waals surface area (Å²) >= 11 is 0. The van der Waals surface area contributed by atoms with Crippen molar-refractivity contribution in [2.24, 2.45) is 0 Å². The Morgan fingerprint density at radius 2 is 0.754 bits per heavy atom. The Balaban J connectivity index is 0.000000626. The molecule has 0 bridgehead atoms. The van der Waals surface area contributed by atoms with E-state index in [1.165, 1.54) is 93.7 Å². The summed E-state index contributed by atoms with van der Waals surface area (Å²) in [5.41, 5.74) is 11.5. The zero-order chi connectivity index (χ0) is 44.9. The van der Waals surface area contributed by atoms with Crippen LogP contribution in [0, 0.1) is 0 Å². The lowest BCUT2D eigenvalue weighted by molar-refractivity contribution is 0.673. The van der Waals surface area contributed by atoms with E-state index in [-0.39, 0.29) is 0 Å². The van der Waals surface area contributed by atoms with Crippen LogP contribution in [-0.4, -0.2) is 0 Å². The molecule has 65 heavy (non-hydrogen) atoms. The number of rotatable bonds is 4. The highest BCUT2D eigenvalue weighted by atomic mass is 16.3. The molecular weight excluding hydrogens is 785 g/mol. The van der Waals surface area contributed by atoms with Crippen molar-refractivity contribution in [3.8, 4) is 44.5 Å². The van der Waals surface area contributed by atoms with E-state index in [1.807, 2.05) is 20.8 Å². The zero-order valence-corrected chi connectivity index (χ0v) is 38.0.